The number of sulfonamides is 1. The van der Waals surface area contributed by atoms with Gasteiger partial charge in [-0.3, -0.25) is 0 Å². The molecule has 1 heterocycles. The highest BCUT2D eigenvalue weighted by Crippen LogP contribution is 2.42. The molecule has 0 amide bonds. The molecule has 0 N–H and O–H groups in total. The summed E-state index contributed by atoms with van der Waals surface area (Å²) in [5.41, 5.74) is 3.11. The zero-order chi connectivity index (χ0) is 28.1. The van der Waals surface area contributed by atoms with E-state index in [4.69, 9.17) is 14.2 Å². The number of hydrogen-bond donors (Lipinski definition) is 0. The van der Waals surface area contributed by atoms with E-state index in [9.17, 15) is 8.42 Å². The second-order valence-electron chi connectivity index (χ2n) is 10.3. The van der Waals surface area contributed by atoms with Gasteiger partial charge in [0.05, 0.1) is 19.8 Å². The summed E-state index contributed by atoms with van der Waals surface area (Å²) in [6.45, 7) is 6.91. The first kappa shape index (κ1) is 27.9. The van der Waals surface area contributed by atoms with Crippen LogP contribution in [0.15, 0.2) is 108 Å². The van der Waals surface area contributed by atoms with Crippen LogP contribution in [0.25, 0.3) is 0 Å². The van der Waals surface area contributed by atoms with Gasteiger partial charge in [0.2, 0.25) is 0 Å². The molecule has 5 rings (SSSR count). The highest BCUT2D eigenvalue weighted by atomic mass is 32.2. The summed E-state index contributed by atoms with van der Waals surface area (Å²) in [7, 11) is -4.02. The molecular weight excluding hydrogens is 522 g/mol. The molecule has 0 unspecified atom stereocenters. The maximum absolute atomic E-state index is 14.4. The Hall–Kier alpha value is -3.65. The third-order valence-corrected chi connectivity index (χ3v) is 9.09. The molecule has 4 aromatic carbocycles. The van der Waals surface area contributed by atoms with Gasteiger partial charge in [-0.2, -0.15) is 4.31 Å². The van der Waals surface area contributed by atoms with Crippen molar-refractivity contribution in [3.63, 3.8) is 0 Å². The molecule has 1 aliphatic rings. The third kappa shape index (κ3) is 6.22. The number of nitrogens with zero attached hydrogens (tertiary/aromatic N) is 1. The van der Waals surface area contributed by atoms with Crippen LogP contribution in [0.4, 0.5) is 0 Å². The predicted octanol–water partition coefficient (Wildman–Crippen LogP) is 7.33. The van der Waals surface area contributed by atoms with Crippen molar-refractivity contribution < 1.29 is 22.6 Å². The molecule has 0 fully saturated rings. The number of ether oxygens (including phenoxy) is 3. The number of fused-ring (bicyclic) bond motifs is 1. The van der Waals surface area contributed by atoms with Crippen LogP contribution < -0.4 is 9.47 Å². The fourth-order valence-corrected chi connectivity index (χ4v) is 6.71. The zero-order valence-corrected chi connectivity index (χ0v) is 23.9. The quantitative estimate of drug-likeness (QED) is 0.216. The number of hydrogen-bond acceptors (Lipinski definition) is 5. The van der Waals surface area contributed by atoms with Crippen molar-refractivity contribution in [2.45, 2.75) is 50.3 Å². The molecule has 1 aliphatic heterocycles. The average molecular weight is 558 g/mol. The Morgan fingerprint density at radius 3 is 2.17 bits per heavy atom. The molecule has 2 atom stereocenters. The van der Waals surface area contributed by atoms with Gasteiger partial charge >= 0.3 is 0 Å². The summed E-state index contributed by atoms with van der Waals surface area (Å²) >= 11 is 0. The summed E-state index contributed by atoms with van der Waals surface area (Å²) in [5, 5.41) is 0. The molecule has 0 saturated heterocycles. The van der Waals surface area contributed by atoms with E-state index in [1.807, 2.05) is 91.9 Å². The fourth-order valence-electron chi connectivity index (χ4n) is 4.84. The minimum Gasteiger partial charge on any atom is -0.485 e. The minimum absolute atomic E-state index is 0.0243. The Balaban J connectivity index is 1.49. The SMILES string of the molecule is CC(C)c1ccc(Oc2cccc3c2S(=O)(=O)N([C@H](C)c2ccccc2)C[C@@H](COCc2ccccc2)O3)cc1. The molecule has 7 heteroatoms. The van der Waals surface area contributed by atoms with E-state index in [0.717, 1.165) is 11.1 Å². The first-order valence-corrected chi connectivity index (χ1v) is 15.0. The molecular formula is C33H35NO5S. The van der Waals surface area contributed by atoms with Gasteiger partial charge in [0.1, 0.15) is 17.6 Å². The highest BCUT2D eigenvalue weighted by Gasteiger charge is 2.40. The maximum Gasteiger partial charge on any atom is 0.251 e. The lowest BCUT2D eigenvalue weighted by Crippen LogP contribution is -2.40. The predicted molar refractivity (Wildman–Crippen MR) is 156 cm³/mol. The van der Waals surface area contributed by atoms with Gasteiger partial charge in [-0.25, -0.2) is 8.42 Å². The zero-order valence-electron chi connectivity index (χ0n) is 23.1. The van der Waals surface area contributed by atoms with E-state index in [1.54, 1.807) is 18.2 Å². The van der Waals surface area contributed by atoms with Gasteiger partial charge in [-0.1, -0.05) is 92.7 Å². The summed E-state index contributed by atoms with van der Waals surface area (Å²) in [6, 6.07) is 31.9. The molecule has 0 bridgehead atoms. The number of benzene rings is 4. The largest absolute Gasteiger partial charge is 0.485 e. The van der Waals surface area contributed by atoms with Crippen LogP contribution >= 0.6 is 0 Å². The lowest BCUT2D eigenvalue weighted by Gasteiger charge is -2.29. The first-order valence-electron chi connectivity index (χ1n) is 13.6. The van der Waals surface area contributed by atoms with Crippen LogP contribution in [0.1, 0.15) is 49.4 Å². The van der Waals surface area contributed by atoms with E-state index in [-0.39, 0.29) is 29.5 Å². The van der Waals surface area contributed by atoms with E-state index < -0.39 is 22.2 Å². The van der Waals surface area contributed by atoms with Crippen LogP contribution in [-0.2, 0) is 21.4 Å². The molecule has 4 aromatic rings. The van der Waals surface area contributed by atoms with Crippen LogP contribution in [0, 0.1) is 0 Å². The van der Waals surface area contributed by atoms with Crippen molar-refractivity contribution in [2.75, 3.05) is 13.2 Å². The summed E-state index contributed by atoms with van der Waals surface area (Å²) in [4.78, 5) is 0.0243. The molecule has 0 saturated carbocycles. The van der Waals surface area contributed by atoms with Crippen molar-refractivity contribution in [3.05, 3.63) is 120 Å². The molecule has 0 spiro atoms. The maximum atomic E-state index is 14.4. The van der Waals surface area contributed by atoms with Gasteiger partial charge in [0.25, 0.3) is 10.0 Å². The Morgan fingerprint density at radius 1 is 0.825 bits per heavy atom. The molecule has 6 nitrogen and oxygen atoms in total. The van der Waals surface area contributed by atoms with Crippen LogP contribution in [-0.4, -0.2) is 32.0 Å². The monoisotopic (exact) mass is 557 g/mol. The Kier molecular flexibility index (Phi) is 8.54. The Labute approximate surface area is 237 Å². The summed E-state index contributed by atoms with van der Waals surface area (Å²) < 4.78 is 48.8. The third-order valence-electron chi connectivity index (χ3n) is 7.09. The van der Waals surface area contributed by atoms with E-state index in [1.165, 1.54) is 9.87 Å². The Bertz CT molecular complexity index is 1510. The second-order valence-corrected chi connectivity index (χ2v) is 12.1. The smallest absolute Gasteiger partial charge is 0.251 e. The lowest BCUT2D eigenvalue weighted by atomic mass is 10.0. The standard InChI is InChI=1S/C33H35NO5S/c1-24(2)27-17-19-29(20-18-27)38-31-15-10-16-32-33(31)40(35,36)34(25(3)28-13-8-5-9-14-28)21-30(39-32)23-37-22-26-11-6-4-7-12-26/h4-20,24-25,30H,21-23H2,1-3H3/t25-,30+/m1/s1. The fraction of sp³-hybridized carbons (Fsp3) is 0.273. The Morgan fingerprint density at radius 2 is 1.50 bits per heavy atom. The molecule has 40 heavy (non-hydrogen) atoms. The van der Waals surface area contributed by atoms with Crippen molar-refractivity contribution in [1.29, 1.82) is 0 Å². The van der Waals surface area contributed by atoms with Crippen molar-refractivity contribution >= 4 is 10.0 Å². The molecule has 0 radical (unpaired) electrons. The van der Waals surface area contributed by atoms with E-state index in [0.29, 0.717) is 18.3 Å². The minimum atomic E-state index is -4.02. The van der Waals surface area contributed by atoms with Gasteiger partial charge in [0, 0.05) is 6.04 Å². The summed E-state index contributed by atoms with van der Waals surface area (Å²) in [5.74, 6) is 1.42. The van der Waals surface area contributed by atoms with Gasteiger partial charge < -0.3 is 14.2 Å². The highest BCUT2D eigenvalue weighted by molar-refractivity contribution is 7.89. The van der Waals surface area contributed by atoms with Crippen molar-refractivity contribution in [1.82, 2.24) is 4.31 Å². The average Bonchev–Trinajstić information content (AvgIpc) is 3.07. The van der Waals surface area contributed by atoms with Crippen LogP contribution in [0.2, 0.25) is 0 Å². The van der Waals surface area contributed by atoms with E-state index >= 15 is 0 Å². The summed E-state index contributed by atoms with van der Waals surface area (Å²) in [6.07, 6.45) is -0.522. The van der Waals surface area contributed by atoms with Crippen molar-refractivity contribution in [2.24, 2.45) is 0 Å². The topological polar surface area (TPSA) is 65.1 Å². The van der Waals surface area contributed by atoms with Gasteiger partial charge in [0.15, 0.2) is 10.6 Å². The molecule has 208 valence electrons. The normalized spacial score (nSPS) is 17.4. The van der Waals surface area contributed by atoms with Crippen LogP contribution in [0.5, 0.6) is 17.2 Å². The molecule has 0 aromatic heterocycles. The van der Waals surface area contributed by atoms with Crippen LogP contribution in [0.3, 0.4) is 0 Å². The molecule has 0 aliphatic carbocycles. The lowest BCUT2D eigenvalue weighted by molar-refractivity contribution is 0.0313. The second kappa shape index (κ2) is 12.3. The van der Waals surface area contributed by atoms with Gasteiger partial charge in [-0.05, 0) is 53.8 Å². The first-order chi connectivity index (χ1) is 19.3. The van der Waals surface area contributed by atoms with E-state index in [2.05, 4.69) is 13.8 Å². The van der Waals surface area contributed by atoms with Crippen molar-refractivity contribution in [3.8, 4) is 17.2 Å². The van der Waals surface area contributed by atoms with Gasteiger partial charge in [-0.15, -0.1) is 0 Å². The number of rotatable bonds is 9.